The Kier molecular flexibility index (Phi) is 4.33. The molecule has 2 heteroatoms. The van der Waals surface area contributed by atoms with Gasteiger partial charge in [0, 0.05) is 16.5 Å². The Morgan fingerprint density at radius 2 is 2.07 bits per heavy atom. The number of aryl methyl sites for hydroxylation is 1. The van der Waals surface area contributed by atoms with Gasteiger partial charge in [0.2, 0.25) is 0 Å². The van der Waals surface area contributed by atoms with Gasteiger partial charge in [0.05, 0.1) is 0 Å². The van der Waals surface area contributed by atoms with Gasteiger partial charge < -0.3 is 0 Å². The summed E-state index contributed by atoms with van der Waals surface area (Å²) in [5.41, 5.74) is 2.04. The molecule has 0 N–H and O–H groups in total. The summed E-state index contributed by atoms with van der Waals surface area (Å²) in [6, 6.07) is 6.00. The van der Waals surface area contributed by atoms with Crippen molar-refractivity contribution in [2.24, 2.45) is 0 Å². The normalized spacial score (nSPS) is 10.2. The maximum atomic E-state index is 11.7. The number of ketones is 1. The van der Waals surface area contributed by atoms with Gasteiger partial charge in [-0.1, -0.05) is 35.8 Å². The molecular formula is C12H15BrO. The summed E-state index contributed by atoms with van der Waals surface area (Å²) in [6.45, 7) is 4.12. The van der Waals surface area contributed by atoms with Crippen molar-refractivity contribution in [2.45, 2.75) is 33.1 Å². The molecule has 0 aliphatic carbocycles. The molecule has 0 saturated carbocycles. The molecule has 0 aromatic heterocycles. The molecule has 1 aromatic carbocycles. The summed E-state index contributed by atoms with van der Waals surface area (Å²) in [6.07, 6.45) is 2.51. The van der Waals surface area contributed by atoms with Crippen LogP contribution >= 0.6 is 15.9 Å². The lowest BCUT2D eigenvalue weighted by molar-refractivity contribution is 0.0981. The van der Waals surface area contributed by atoms with Gasteiger partial charge in [-0.15, -0.1) is 0 Å². The molecule has 0 spiro atoms. The van der Waals surface area contributed by atoms with E-state index in [-0.39, 0.29) is 5.78 Å². The number of benzene rings is 1. The van der Waals surface area contributed by atoms with E-state index >= 15 is 0 Å². The molecule has 0 aliphatic heterocycles. The number of halogens is 1. The van der Waals surface area contributed by atoms with Gasteiger partial charge in [0.15, 0.2) is 5.78 Å². The topological polar surface area (TPSA) is 17.1 Å². The Morgan fingerprint density at radius 1 is 1.36 bits per heavy atom. The van der Waals surface area contributed by atoms with Crippen LogP contribution in [0.5, 0.6) is 0 Å². The average Bonchev–Trinajstić information content (AvgIpc) is 2.19. The highest BCUT2D eigenvalue weighted by Crippen LogP contribution is 2.20. The Morgan fingerprint density at radius 3 is 2.64 bits per heavy atom. The van der Waals surface area contributed by atoms with Crippen LogP contribution in [0.1, 0.15) is 42.6 Å². The highest BCUT2D eigenvalue weighted by atomic mass is 79.9. The molecule has 0 heterocycles. The molecule has 0 bridgehead atoms. The number of carbonyl (C=O) groups excluding carboxylic acids is 1. The van der Waals surface area contributed by atoms with Gasteiger partial charge in [-0.2, -0.15) is 0 Å². The molecule has 0 unspecified atom stereocenters. The minimum atomic E-state index is 0.231. The van der Waals surface area contributed by atoms with Gasteiger partial charge in [0.1, 0.15) is 0 Å². The third-order valence-electron chi connectivity index (χ3n) is 2.22. The van der Waals surface area contributed by atoms with Crippen molar-refractivity contribution in [1.29, 1.82) is 0 Å². The van der Waals surface area contributed by atoms with E-state index in [1.165, 1.54) is 5.56 Å². The maximum absolute atomic E-state index is 11.7. The van der Waals surface area contributed by atoms with E-state index in [2.05, 4.69) is 22.9 Å². The average molecular weight is 255 g/mol. The van der Waals surface area contributed by atoms with E-state index in [1.807, 2.05) is 25.1 Å². The summed E-state index contributed by atoms with van der Waals surface area (Å²) in [5.74, 6) is 0.231. The minimum absolute atomic E-state index is 0.231. The van der Waals surface area contributed by atoms with Gasteiger partial charge in [-0.25, -0.2) is 0 Å². The van der Waals surface area contributed by atoms with E-state index in [1.54, 1.807) is 0 Å². The first kappa shape index (κ1) is 11.4. The Bertz CT molecular complexity index is 331. The number of carbonyl (C=O) groups is 1. The largest absolute Gasteiger partial charge is 0.294 e. The molecule has 0 atom stereocenters. The van der Waals surface area contributed by atoms with Crippen LogP contribution in [0.15, 0.2) is 22.7 Å². The minimum Gasteiger partial charge on any atom is -0.294 e. The second-order valence-corrected chi connectivity index (χ2v) is 4.20. The van der Waals surface area contributed by atoms with Crippen LogP contribution in [0.2, 0.25) is 0 Å². The van der Waals surface area contributed by atoms with Crippen molar-refractivity contribution >= 4 is 21.7 Å². The van der Waals surface area contributed by atoms with Gasteiger partial charge in [0.25, 0.3) is 0 Å². The monoisotopic (exact) mass is 254 g/mol. The summed E-state index contributed by atoms with van der Waals surface area (Å²) >= 11 is 3.41. The van der Waals surface area contributed by atoms with Crippen molar-refractivity contribution in [2.75, 3.05) is 0 Å². The fourth-order valence-corrected chi connectivity index (χ4v) is 1.84. The van der Waals surface area contributed by atoms with Crippen molar-refractivity contribution in [3.8, 4) is 0 Å². The molecule has 0 saturated heterocycles. The van der Waals surface area contributed by atoms with Crippen molar-refractivity contribution < 1.29 is 4.79 Å². The molecule has 76 valence electrons. The van der Waals surface area contributed by atoms with E-state index in [4.69, 9.17) is 0 Å². The molecule has 14 heavy (non-hydrogen) atoms. The first-order chi connectivity index (χ1) is 6.69. The summed E-state index contributed by atoms with van der Waals surface area (Å²) < 4.78 is 0.910. The van der Waals surface area contributed by atoms with Gasteiger partial charge in [-0.3, -0.25) is 4.79 Å². The van der Waals surface area contributed by atoms with Crippen molar-refractivity contribution in [1.82, 2.24) is 0 Å². The molecule has 0 amide bonds. The predicted molar refractivity (Wildman–Crippen MR) is 62.8 cm³/mol. The van der Waals surface area contributed by atoms with Crippen LogP contribution in [-0.4, -0.2) is 5.78 Å². The third kappa shape index (κ3) is 2.68. The summed E-state index contributed by atoms with van der Waals surface area (Å²) in [7, 11) is 0. The van der Waals surface area contributed by atoms with Crippen LogP contribution in [0, 0.1) is 0 Å². The lowest BCUT2D eigenvalue weighted by atomic mass is 10.0. The van der Waals surface area contributed by atoms with Crippen molar-refractivity contribution in [3.05, 3.63) is 33.8 Å². The molecular weight excluding hydrogens is 240 g/mol. The first-order valence-electron chi connectivity index (χ1n) is 5.00. The van der Waals surface area contributed by atoms with Gasteiger partial charge in [-0.05, 0) is 30.5 Å². The van der Waals surface area contributed by atoms with Crippen molar-refractivity contribution in [3.63, 3.8) is 0 Å². The molecule has 1 aromatic rings. The third-order valence-corrected chi connectivity index (χ3v) is 2.91. The van der Waals surface area contributed by atoms with Crippen LogP contribution in [0.4, 0.5) is 0 Å². The zero-order valence-corrected chi connectivity index (χ0v) is 10.2. The Labute approximate surface area is 93.7 Å². The highest BCUT2D eigenvalue weighted by molar-refractivity contribution is 9.10. The number of hydrogen-bond donors (Lipinski definition) is 0. The Balaban J connectivity index is 2.99. The van der Waals surface area contributed by atoms with E-state index in [0.717, 1.165) is 22.9 Å². The molecule has 1 nitrogen and oxygen atoms in total. The lowest BCUT2D eigenvalue weighted by Crippen LogP contribution is -2.00. The summed E-state index contributed by atoms with van der Waals surface area (Å²) in [4.78, 5) is 11.7. The first-order valence-corrected chi connectivity index (χ1v) is 5.80. The SMILES string of the molecule is CCCC(=O)c1cc(CC)ccc1Br. The Hall–Kier alpha value is -0.630. The zero-order valence-electron chi connectivity index (χ0n) is 8.64. The molecule has 0 fully saturated rings. The van der Waals surface area contributed by atoms with E-state index < -0.39 is 0 Å². The number of hydrogen-bond acceptors (Lipinski definition) is 1. The smallest absolute Gasteiger partial charge is 0.164 e. The second-order valence-electron chi connectivity index (χ2n) is 3.34. The molecule has 0 aliphatic rings. The van der Waals surface area contributed by atoms with E-state index in [0.29, 0.717) is 6.42 Å². The quantitative estimate of drug-likeness (QED) is 0.743. The molecule has 1 rings (SSSR count). The van der Waals surface area contributed by atoms with Crippen LogP contribution < -0.4 is 0 Å². The van der Waals surface area contributed by atoms with Crippen LogP contribution in [0.3, 0.4) is 0 Å². The molecule has 0 radical (unpaired) electrons. The lowest BCUT2D eigenvalue weighted by Gasteiger charge is -2.05. The number of Topliss-reactive ketones (excluding diaryl/α,β-unsaturated/α-hetero) is 1. The fraction of sp³-hybridized carbons (Fsp3) is 0.417. The predicted octanol–water partition coefficient (Wildman–Crippen LogP) is 3.99. The second kappa shape index (κ2) is 5.30. The highest BCUT2D eigenvalue weighted by Gasteiger charge is 2.09. The maximum Gasteiger partial charge on any atom is 0.164 e. The standard InChI is InChI=1S/C12H15BrO/c1-3-5-12(14)10-8-9(4-2)6-7-11(10)13/h6-8H,3-5H2,1-2H3. The van der Waals surface area contributed by atoms with E-state index in [9.17, 15) is 4.79 Å². The van der Waals surface area contributed by atoms with Crippen LogP contribution in [0.25, 0.3) is 0 Å². The van der Waals surface area contributed by atoms with Gasteiger partial charge >= 0.3 is 0 Å². The summed E-state index contributed by atoms with van der Waals surface area (Å²) in [5, 5.41) is 0. The van der Waals surface area contributed by atoms with Crippen LogP contribution in [-0.2, 0) is 6.42 Å². The number of rotatable bonds is 4. The fourth-order valence-electron chi connectivity index (χ4n) is 1.37. The zero-order chi connectivity index (χ0) is 10.6.